The second-order valence-corrected chi connectivity index (χ2v) is 10.0. The summed E-state index contributed by atoms with van der Waals surface area (Å²) in [5.41, 5.74) is -1.41. The van der Waals surface area contributed by atoms with Gasteiger partial charge in [0.2, 0.25) is 0 Å². The lowest BCUT2D eigenvalue weighted by Gasteiger charge is -2.64. The van der Waals surface area contributed by atoms with E-state index in [0.717, 1.165) is 19.3 Å². The van der Waals surface area contributed by atoms with Crippen LogP contribution in [-0.2, 0) is 19.1 Å². The standard InChI is InChI=1S/C22H30O5/c1-11-13-6-7-14-21(5)9-8-16(24)20(3,4)15(21)10-17(27-12(2)23)22(14,18(11)25)19(13)26/h13-15,17,19,26H,1,6-10H2,2-5H3/t13-,14-,15+,17+,19+,21-,22?/m0/s1. The minimum Gasteiger partial charge on any atom is -0.461 e. The Balaban J connectivity index is 1.91. The number of rotatable bonds is 1. The Kier molecular flexibility index (Phi) is 3.86. The van der Waals surface area contributed by atoms with Gasteiger partial charge in [-0.25, -0.2) is 0 Å². The van der Waals surface area contributed by atoms with Gasteiger partial charge >= 0.3 is 5.97 Å². The Labute approximate surface area is 160 Å². The van der Waals surface area contributed by atoms with E-state index in [-0.39, 0.29) is 34.7 Å². The summed E-state index contributed by atoms with van der Waals surface area (Å²) in [6, 6.07) is 0. The van der Waals surface area contributed by atoms with Crippen LogP contribution < -0.4 is 0 Å². The van der Waals surface area contributed by atoms with Crippen LogP contribution in [0.5, 0.6) is 0 Å². The second-order valence-electron chi connectivity index (χ2n) is 10.0. The van der Waals surface area contributed by atoms with Crippen LogP contribution in [0, 0.1) is 34.0 Å². The van der Waals surface area contributed by atoms with Crippen LogP contribution in [-0.4, -0.2) is 34.9 Å². The summed E-state index contributed by atoms with van der Waals surface area (Å²) >= 11 is 0. The zero-order valence-electron chi connectivity index (χ0n) is 16.7. The van der Waals surface area contributed by atoms with Crippen LogP contribution >= 0.6 is 0 Å². The summed E-state index contributed by atoms with van der Waals surface area (Å²) in [5.74, 6) is -0.682. The molecule has 0 aliphatic heterocycles. The average molecular weight is 374 g/mol. The summed E-state index contributed by atoms with van der Waals surface area (Å²) in [6.45, 7) is 11.5. The van der Waals surface area contributed by atoms with E-state index < -0.39 is 29.0 Å². The highest BCUT2D eigenvalue weighted by atomic mass is 16.5. The van der Waals surface area contributed by atoms with Crippen molar-refractivity contribution in [2.75, 3.05) is 0 Å². The van der Waals surface area contributed by atoms with Crippen LogP contribution in [0.4, 0.5) is 0 Å². The fraction of sp³-hybridized carbons (Fsp3) is 0.773. The molecule has 4 fully saturated rings. The Bertz CT molecular complexity index is 752. The largest absolute Gasteiger partial charge is 0.461 e. The van der Waals surface area contributed by atoms with Crippen LogP contribution in [0.3, 0.4) is 0 Å². The molecule has 1 N–H and O–H groups in total. The molecule has 4 rings (SSSR count). The predicted octanol–water partition coefficient (Wildman–Crippen LogP) is 2.85. The highest BCUT2D eigenvalue weighted by Crippen LogP contribution is 2.71. The zero-order valence-corrected chi connectivity index (χ0v) is 16.7. The first-order valence-electron chi connectivity index (χ1n) is 10.1. The molecule has 0 aromatic carbocycles. The minimum absolute atomic E-state index is 0.0108. The van der Waals surface area contributed by atoms with Crippen molar-refractivity contribution in [3.63, 3.8) is 0 Å². The molecular weight excluding hydrogens is 344 g/mol. The number of carbonyl (C=O) groups excluding carboxylic acids is 3. The van der Waals surface area contributed by atoms with Gasteiger partial charge < -0.3 is 9.84 Å². The summed E-state index contributed by atoms with van der Waals surface area (Å²) in [4.78, 5) is 38.1. The summed E-state index contributed by atoms with van der Waals surface area (Å²) < 4.78 is 5.72. The van der Waals surface area contributed by atoms with E-state index in [1.54, 1.807) is 0 Å². The van der Waals surface area contributed by atoms with Crippen LogP contribution in [0.2, 0.25) is 0 Å². The van der Waals surface area contributed by atoms with Gasteiger partial charge in [0.25, 0.3) is 0 Å². The zero-order chi connectivity index (χ0) is 19.9. The number of carbonyl (C=O) groups is 3. The fourth-order valence-electron chi connectivity index (χ4n) is 7.46. The number of aliphatic hydroxyl groups excluding tert-OH is 1. The Morgan fingerprint density at radius 1 is 1.19 bits per heavy atom. The summed E-state index contributed by atoms with van der Waals surface area (Å²) in [5, 5.41) is 11.3. The highest BCUT2D eigenvalue weighted by Gasteiger charge is 2.75. The quantitative estimate of drug-likeness (QED) is 0.564. The first-order valence-corrected chi connectivity index (χ1v) is 10.1. The van der Waals surface area contributed by atoms with Crippen molar-refractivity contribution in [2.45, 2.75) is 72.0 Å². The van der Waals surface area contributed by atoms with Crippen LogP contribution in [0.15, 0.2) is 12.2 Å². The van der Waals surface area contributed by atoms with Gasteiger partial charge in [0.1, 0.15) is 11.9 Å². The van der Waals surface area contributed by atoms with Gasteiger partial charge in [-0.1, -0.05) is 27.4 Å². The Morgan fingerprint density at radius 2 is 1.85 bits per heavy atom. The molecule has 0 amide bonds. The molecule has 7 atom stereocenters. The predicted molar refractivity (Wildman–Crippen MR) is 98.6 cm³/mol. The molecule has 0 saturated heterocycles. The molecule has 0 aromatic rings. The Morgan fingerprint density at radius 3 is 2.48 bits per heavy atom. The molecule has 2 bridgehead atoms. The third kappa shape index (κ3) is 2.07. The van der Waals surface area contributed by atoms with Gasteiger partial charge in [-0.05, 0) is 48.5 Å². The normalized spacial score (nSPS) is 48.0. The van der Waals surface area contributed by atoms with E-state index in [1.807, 2.05) is 13.8 Å². The van der Waals surface area contributed by atoms with Gasteiger partial charge in [0.05, 0.1) is 11.5 Å². The third-order valence-electron chi connectivity index (χ3n) is 8.71. The van der Waals surface area contributed by atoms with Crippen molar-refractivity contribution in [1.29, 1.82) is 0 Å². The lowest BCUT2D eigenvalue weighted by Crippen LogP contribution is -2.68. The third-order valence-corrected chi connectivity index (χ3v) is 8.71. The minimum atomic E-state index is -1.10. The number of esters is 1. The van der Waals surface area contributed by atoms with E-state index in [2.05, 4.69) is 13.5 Å². The molecule has 4 aliphatic carbocycles. The van der Waals surface area contributed by atoms with Gasteiger partial charge in [-0.2, -0.15) is 0 Å². The fourth-order valence-corrected chi connectivity index (χ4v) is 7.46. The smallest absolute Gasteiger partial charge is 0.302 e. The number of ether oxygens (including phenoxy) is 1. The van der Waals surface area contributed by atoms with E-state index in [0.29, 0.717) is 18.4 Å². The molecule has 5 heteroatoms. The molecule has 1 spiro atoms. The highest BCUT2D eigenvalue weighted by molar-refractivity contribution is 6.04. The second kappa shape index (κ2) is 5.53. The van der Waals surface area contributed by atoms with Crippen molar-refractivity contribution in [2.24, 2.45) is 34.0 Å². The van der Waals surface area contributed by atoms with Gasteiger partial charge in [0, 0.05) is 24.7 Å². The van der Waals surface area contributed by atoms with Crippen molar-refractivity contribution >= 4 is 17.5 Å². The van der Waals surface area contributed by atoms with Gasteiger partial charge in [-0.3, -0.25) is 14.4 Å². The number of hydrogen-bond donors (Lipinski definition) is 1. The van der Waals surface area contributed by atoms with Crippen molar-refractivity contribution in [3.8, 4) is 0 Å². The van der Waals surface area contributed by atoms with E-state index in [9.17, 15) is 19.5 Å². The average Bonchev–Trinajstić information content (AvgIpc) is 2.69. The van der Waals surface area contributed by atoms with Crippen LogP contribution in [0.1, 0.15) is 59.8 Å². The van der Waals surface area contributed by atoms with E-state index in [4.69, 9.17) is 4.74 Å². The van der Waals surface area contributed by atoms with Gasteiger partial charge in [0.15, 0.2) is 5.78 Å². The van der Waals surface area contributed by atoms with E-state index in [1.165, 1.54) is 6.92 Å². The monoisotopic (exact) mass is 374 g/mol. The first kappa shape index (κ1) is 18.9. The number of fused-ring (bicyclic) bond motifs is 3. The number of Topliss-reactive ketones (excluding diaryl/α,β-unsaturated/α-hetero) is 2. The van der Waals surface area contributed by atoms with Gasteiger partial charge in [-0.15, -0.1) is 0 Å². The number of ketones is 2. The molecular formula is C22H30O5. The number of hydrogen-bond acceptors (Lipinski definition) is 5. The number of aliphatic hydroxyl groups is 1. The molecule has 1 unspecified atom stereocenters. The maximum atomic E-state index is 13.5. The molecule has 0 heterocycles. The lowest BCUT2D eigenvalue weighted by molar-refractivity contribution is -0.230. The lowest BCUT2D eigenvalue weighted by atomic mass is 9.39. The molecule has 0 radical (unpaired) electrons. The topological polar surface area (TPSA) is 80.7 Å². The van der Waals surface area contributed by atoms with Crippen molar-refractivity contribution < 1.29 is 24.2 Å². The Hall–Kier alpha value is -1.49. The van der Waals surface area contributed by atoms with Crippen LogP contribution in [0.25, 0.3) is 0 Å². The first-order chi connectivity index (χ1) is 12.5. The molecule has 5 nitrogen and oxygen atoms in total. The summed E-state index contributed by atoms with van der Waals surface area (Å²) in [6.07, 6.45) is 1.61. The van der Waals surface area contributed by atoms with Crippen molar-refractivity contribution in [3.05, 3.63) is 12.2 Å². The van der Waals surface area contributed by atoms with Crippen molar-refractivity contribution in [1.82, 2.24) is 0 Å². The van der Waals surface area contributed by atoms with E-state index >= 15 is 0 Å². The molecule has 148 valence electrons. The molecule has 4 saturated carbocycles. The SMILES string of the molecule is C=C1C(=O)C23[C@H](O)[C@H]1CC[C@H]2[C@]1(C)CCC(=O)C(C)(C)[C@H]1C[C@H]3OC(C)=O. The summed E-state index contributed by atoms with van der Waals surface area (Å²) in [7, 11) is 0. The maximum absolute atomic E-state index is 13.5. The maximum Gasteiger partial charge on any atom is 0.302 e. The molecule has 0 aromatic heterocycles. The molecule has 27 heavy (non-hydrogen) atoms. The molecule has 4 aliphatic rings.